The standard InChI is InChI=1S/C14H23N5O3S/c1-4-8(2)11(13(21)22-3)16-10(20)7-23-14-18-17-12(19(14)15)9-5-6-9/h8-9,11H,4-7,15H2,1-3H3,(H,16,20)/t8-,11-/m1/s1. The Labute approximate surface area is 139 Å². The Morgan fingerprint density at radius 3 is 2.74 bits per heavy atom. The Morgan fingerprint density at radius 2 is 2.17 bits per heavy atom. The molecule has 1 amide bonds. The minimum atomic E-state index is -0.643. The Hall–Kier alpha value is -1.77. The summed E-state index contributed by atoms with van der Waals surface area (Å²) in [4.78, 5) is 23.9. The fourth-order valence-electron chi connectivity index (χ4n) is 2.15. The zero-order valence-corrected chi connectivity index (χ0v) is 14.4. The molecule has 0 aliphatic heterocycles. The van der Waals surface area contributed by atoms with Crippen molar-refractivity contribution < 1.29 is 14.3 Å². The van der Waals surface area contributed by atoms with Crippen molar-refractivity contribution >= 4 is 23.6 Å². The van der Waals surface area contributed by atoms with Gasteiger partial charge >= 0.3 is 5.97 Å². The first-order valence-electron chi connectivity index (χ1n) is 7.68. The van der Waals surface area contributed by atoms with Gasteiger partial charge in [-0.25, -0.2) is 9.47 Å². The van der Waals surface area contributed by atoms with Gasteiger partial charge in [0.1, 0.15) is 6.04 Å². The number of ether oxygens (including phenoxy) is 1. The number of carbonyl (C=O) groups is 2. The second-order valence-electron chi connectivity index (χ2n) is 5.73. The van der Waals surface area contributed by atoms with E-state index in [4.69, 9.17) is 10.6 Å². The highest BCUT2D eigenvalue weighted by atomic mass is 32.2. The van der Waals surface area contributed by atoms with Crippen molar-refractivity contribution in [2.24, 2.45) is 5.92 Å². The molecule has 9 heteroatoms. The summed E-state index contributed by atoms with van der Waals surface area (Å²) in [6, 6.07) is -0.643. The van der Waals surface area contributed by atoms with Crippen molar-refractivity contribution in [1.82, 2.24) is 20.2 Å². The highest BCUT2D eigenvalue weighted by molar-refractivity contribution is 7.99. The number of amides is 1. The number of nitrogen functional groups attached to an aromatic ring is 1. The van der Waals surface area contributed by atoms with Crippen LogP contribution in [0.15, 0.2) is 5.16 Å². The Bertz CT molecular complexity index is 573. The molecule has 0 spiro atoms. The fraction of sp³-hybridized carbons (Fsp3) is 0.714. The van der Waals surface area contributed by atoms with Crippen molar-refractivity contribution in [3.8, 4) is 0 Å². The average molecular weight is 341 g/mol. The lowest BCUT2D eigenvalue weighted by Gasteiger charge is -2.21. The first kappa shape index (κ1) is 17.6. The molecule has 2 rings (SSSR count). The fourth-order valence-corrected chi connectivity index (χ4v) is 2.82. The molecule has 1 aromatic heterocycles. The molecule has 128 valence electrons. The van der Waals surface area contributed by atoms with Crippen LogP contribution in [0.3, 0.4) is 0 Å². The van der Waals surface area contributed by atoms with Crippen molar-refractivity contribution in [2.75, 3.05) is 18.7 Å². The third kappa shape index (κ3) is 4.37. The Morgan fingerprint density at radius 1 is 1.48 bits per heavy atom. The normalized spacial score (nSPS) is 16.7. The van der Waals surface area contributed by atoms with Gasteiger partial charge in [-0.3, -0.25) is 4.79 Å². The second kappa shape index (κ2) is 7.67. The number of nitrogens with one attached hydrogen (secondary N) is 1. The predicted molar refractivity (Wildman–Crippen MR) is 86.3 cm³/mol. The number of hydrogen-bond donors (Lipinski definition) is 2. The highest BCUT2D eigenvalue weighted by Gasteiger charge is 2.30. The summed E-state index contributed by atoms with van der Waals surface area (Å²) >= 11 is 1.20. The molecule has 3 N–H and O–H groups in total. The largest absolute Gasteiger partial charge is 0.467 e. The van der Waals surface area contributed by atoms with Crippen LogP contribution >= 0.6 is 11.8 Å². The third-order valence-corrected chi connectivity index (χ3v) is 4.89. The first-order valence-corrected chi connectivity index (χ1v) is 8.66. The molecule has 0 unspecified atom stereocenters. The SMILES string of the molecule is CC[C@@H](C)[C@@H](NC(=O)CSc1nnc(C2CC2)n1N)C(=O)OC. The number of esters is 1. The first-order chi connectivity index (χ1) is 11.0. The summed E-state index contributed by atoms with van der Waals surface area (Å²) in [5, 5.41) is 11.3. The van der Waals surface area contributed by atoms with E-state index in [1.165, 1.54) is 23.5 Å². The van der Waals surface area contributed by atoms with E-state index in [0.29, 0.717) is 11.1 Å². The lowest BCUT2D eigenvalue weighted by atomic mass is 9.99. The molecule has 0 radical (unpaired) electrons. The van der Waals surface area contributed by atoms with E-state index in [0.717, 1.165) is 25.1 Å². The average Bonchev–Trinajstić information content (AvgIpc) is 3.33. The molecular formula is C14H23N5O3S. The van der Waals surface area contributed by atoms with Gasteiger partial charge in [0.15, 0.2) is 5.82 Å². The number of rotatable bonds is 8. The van der Waals surface area contributed by atoms with Crippen molar-refractivity contribution in [3.05, 3.63) is 5.82 Å². The molecule has 0 bridgehead atoms. The number of nitrogens with two attached hydrogens (primary N) is 1. The number of nitrogens with zero attached hydrogens (tertiary/aromatic N) is 3. The van der Waals surface area contributed by atoms with E-state index in [9.17, 15) is 9.59 Å². The van der Waals surface area contributed by atoms with Crippen LogP contribution in [0.2, 0.25) is 0 Å². The number of thioether (sulfide) groups is 1. The van der Waals surface area contributed by atoms with Gasteiger partial charge in [-0.15, -0.1) is 10.2 Å². The quantitative estimate of drug-likeness (QED) is 0.406. The predicted octanol–water partition coefficient (Wildman–Crippen LogP) is 0.665. The minimum Gasteiger partial charge on any atom is -0.467 e. The van der Waals surface area contributed by atoms with E-state index >= 15 is 0 Å². The van der Waals surface area contributed by atoms with Gasteiger partial charge in [0.25, 0.3) is 0 Å². The molecule has 23 heavy (non-hydrogen) atoms. The number of aromatic nitrogens is 3. The number of carbonyl (C=O) groups excluding carboxylic acids is 2. The highest BCUT2D eigenvalue weighted by Crippen LogP contribution is 2.39. The molecule has 0 saturated heterocycles. The van der Waals surface area contributed by atoms with E-state index in [1.807, 2.05) is 13.8 Å². The van der Waals surface area contributed by atoms with Gasteiger partial charge in [-0.2, -0.15) is 0 Å². The van der Waals surface area contributed by atoms with Crippen molar-refractivity contribution in [1.29, 1.82) is 0 Å². The lowest BCUT2D eigenvalue weighted by Crippen LogP contribution is -2.46. The van der Waals surface area contributed by atoms with Crippen LogP contribution < -0.4 is 11.2 Å². The zero-order valence-electron chi connectivity index (χ0n) is 13.6. The molecule has 1 fully saturated rings. The van der Waals surface area contributed by atoms with Gasteiger partial charge in [0, 0.05) is 5.92 Å². The lowest BCUT2D eigenvalue weighted by molar-refractivity contribution is -0.146. The summed E-state index contributed by atoms with van der Waals surface area (Å²) in [7, 11) is 1.31. The van der Waals surface area contributed by atoms with Crippen LogP contribution in [-0.4, -0.2) is 45.7 Å². The molecular weight excluding hydrogens is 318 g/mol. The maximum atomic E-state index is 12.1. The third-order valence-electron chi connectivity index (χ3n) is 3.95. The van der Waals surface area contributed by atoms with E-state index < -0.39 is 12.0 Å². The number of methoxy groups -OCH3 is 1. The second-order valence-corrected chi connectivity index (χ2v) is 6.67. The topological polar surface area (TPSA) is 112 Å². The molecule has 0 aromatic carbocycles. The molecule has 1 saturated carbocycles. The van der Waals surface area contributed by atoms with Gasteiger partial charge in [0.2, 0.25) is 11.1 Å². The van der Waals surface area contributed by atoms with Crippen molar-refractivity contribution in [3.63, 3.8) is 0 Å². The smallest absolute Gasteiger partial charge is 0.328 e. The van der Waals surface area contributed by atoms with Crippen LogP contribution in [0.1, 0.15) is 44.9 Å². The van der Waals surface area contributed by atoms with Crippen LogP contribution in [0.4, 0.5) is 0 Å². The van der Waals surface area contributed by atoms with Gasteiger partial charge < -0.3 is 15.9 Å². The Balaban J connectivity index is 1.89. The van der Waals surface area contributed by atoms with E-state index in [1.54, 1.807) is 0 Å². The van der Waals surface area contributed by atoms with Crippen molar-refractivity contribution in [2.45, 2.75) is 50.2 Å². The Kier molecular flexibility index (Phi) is 5.86. The molecule has 8 nitrogen and oxygen atoms in total. The summed E-state index contributed by atoms with van der Waals surface area (Å²) in [6.07, 6.45) is 2.92. The summed E-state index contributed by atoms with van der Waals surface area (Å²) in [5.41, 5.74) is 0. The molecule has 1 heterocycles. The van der Waals surface area contributed by atoms with Crippen LogP contribution in [0.25, 0.3) is 0 Å². The summed E-state index contributed by atoms with van der Waals surface area (Å²) < 4.78 is 6.19. The molecule has 1 aliphatic rings. The minimum absolute atomic E-state index is 0.00368. The van der Waals surface area contributed by atoms with Gasteiger partial charge in [-0.1, -0.05) is 32.0 Å². The molecule has 2 atom stereocenters. The summed E-state index contributed by atoms with van der Waals surface area (Å²) in [6.45, 7) is 3.85. The van der Waals surface area contributed by atoms with Crippen LogP contribution in [0.5, 0.6) is 0 Å². The van der Waals surface area contributed by atoms with E-state index in [2.05, 4.69) is 15.5 Å². The summed E-state index contributed by atoms with van der Waals surface area (Å²) in [5.74, 6) is 6.51. The number of hydrogen-bond acceptors (Lipinski definition) is 7. The maximum Gasteiger partial charge on any atom is 0.328 e. The maximum absolute atomic E-state index is 12.1. The van der Waals surface area contributed by atoms with Gasteiger partial charge in [0.05, 0.1) is 12.9 Å². The van der Waals surface area contributed by atoms with Crippen LogP contribution in [-0.2, 0) is 14.3 Å². The van der Waals surface area contributed by atoms with Gasteiger partial charge in [-0.05, 0) is 18.8 Å². The van der Waals surface area contributed by atoms with E-state index in [-0.39, 0.29) is 17.6 Å². The zero-order chi connectivity index (χ0) is 17.0. The monoisotopic (exact) mass is 341 g/mol. The van der Waals surface area contributed by atoms with Crippen LogP contribution in [0, 0.1) is 5.92 Å². The molecule has 1 aliphatic carbocycles. The molecule has 1 aromatic rings.